The summed E-state index contributed by atoms with van der Waals surface area (Å²) < 4.78 is 32.4. The Morgan fingerprint density at radius 2 is 1.83 bits per heavy atom. The van der Waals surface area contributed by atoms with Crippen LogP contribution in [-0.4, -0.2) is 72.7 Å². The zero-order chi connectivity index (χ0) is 20.7. The largest absolute Gasteiger partial charge is 0.497 e. The van der Waals surface area contributed by atoms with Crippen LogP contribution in [-0.2, 0) is 10.0 Å². The molecule has 1 fully saturated rings. The third-order valence-electron chi connectivity index (χ3n) is 4.69. The summed E-state index contributed by atoms with van der Waals surface area (Å²) in [7, 11) is -0.0198. The molecule has 0 atom stereocenters. The molecule has 0 unspecified atom stereocenters. The highest BCUT2D eigenvalue weighted by molar-refractivity contribution is 14.0. The number of sulfonamides is 1. The van der Waals surface area contributed by atoms with E-state index in [1.807, 2.05) is 12.1 Å². The first-order chi connectivity index (χ1) is 14.0. The first kappa shape index (κ1) is 24.7. The maximum absolute atomic E-state index is 12.1. The van der Waals surface area contributed by atoms with Gasteiger partial charge in [0.15, 0.2) is 5.96 Å². The number of ether oxygens (including phenoxy) is 1. The zero-order valence-electron chi connectivity index (χ0n) is 17.1. The summed E-state index contributed by atoms with van der Waals surface area (Å²) >= 11 is 1.21. The van der Waals surface area contributed by atoms with E-state index in [0.717, 1.165) is 37.9 Å². The number of methoxy groups -OCH3 is 1. The van der Waals surface area contributed by atoms with E-state index in [9.17, 15) is 8.42 Å². The Labute approximate surface area is 199 Å². The average molecular weight is 566 g/mol. The standard InChI is InChI=1S/C19H27N5O3S2.HI/c1-20-19(21-9-10-22-29(25,26)18-4-3-15-28-18)24-13-11-23(12-14-24)16-5-7-17(27-2)8-6-16;/h3-8,15,22H,9-14H2,1-2H3,(H,20,21);1H. The van der Waals surface area contributed by atoms with E-state index >= 15 is 0 Å². The molecule has 0 aliphatic carbocycles. The highest BCUT2D eigenvalue weighted by Gasteiger charge is 2.20. The van der Waals surface area contributed by atoms with Gasteiger partial charge in [-0.25, -0.2) is 13.1 Å². The third kappa shape index (κ3) is 6.46. The van der Waals surface area contributed by atoms with Crippen molar-refractivity contribution in [3.63, 3.8) is 0 Å². The fraction of sp³-hybridized carbons (Fsp3) is 0.421. The summed E-state index contributed by atoms with van der Waals surface area (Å²) in [5.41, 5.74) is 1.18. The average Bonchev–Trinajstić information content (AvgIpc) is 3.30. The van der Waals surface area contributed by atoms with Crippen LogP contribution < -0.4 is 19.7 Å². The fourth-order valence-corrected chi connectivity index (χ4v) is 5.22. The summed E-state index contributed by atoms with van der Waals surface area (Å²) in [6.07, 6.45) is 0. The minimum atomic E-state index is -3.43. The van der Waals surface area contributed by atoms with Crippen LogP contribution in [0.2, 0.25) is 0 Å². The van der Waals surface area contributed by atoms with Crippen molar-refractivity contribution in [2.45, 2.75) is 4.21 Å². The molecule has 2 aromatic rings. The lowest BCUT2D eigenvalue weighted by Crippen LogP contribution is -2.53. The molecule has 166 valence electrons. The maximum atomic E-state index is 12.1. The Bertz CT molecular complexity index is 897. The van der Waals surface area contributed by atoms with Crippen LogP contribution in [0.15, 0.2) is 51.0 Å². The van der Waals surface area contributed by atoms with E-state index in [4.69, 9.17) is 4.74 Å². The second-order valence-corrected chi connectivity index (χ2v) is 9.42. The van der Waals surface area contributed by atoms with Crippen molar-refractivity contribution in [3.8, 4) is 5.75 Å². The second-order valence-electron chi connectivity index (χ2n) is 6.48. The van der Waals surface area contributed by atoms with E-state index < -0.39 is 10.0 Å². The molecule has 1 saturated heterocycles. The Kier molecular flexibility index (Phi) is 9.65. The van der Waals surface area contributed by atoms with Crippen LogP contribution in [0.25, 0.3) is 0 Å². The fourth-order valence-electron chi connectivity index (χ4n) is 3.15. The second kappa shape index (κ2) is 11.7. The summed E-state index contributed by atoms with van der Waals surface area (Å²) in [5.74, 6) is 1.64. The molecule has 1 aromatic heterocycles. The first-order valence-corrected chi connectivity index (χ1v) is 11.8. The van der Waals surface area contributed by atoms with E-state index in [0.29, 0.717) is 17.3 Å². The number of aliphatic imine (C=N–C) groups is 1. The third-order valence-corrected chi connectivity index (χ3v) is 7.55. The SMILES string of the molecule is CN=C(NCCNS(=O)(=O)c1cccs1)N1CCN(c2ccc(OC)cc2)CC1.I. The number of halogens is 1. The van der Waals surface area contributed by atoms with Gasteiger partial charge in [0.1, 0.15) is 9.96 Å². The van der Waals surface area contributed by atoms with Crippen LogP contribution in [0.5, 0.6) is 5.75 Å². The smallest absolute Gasteiger partial charge is 0.250 e. The van der Waals surface area contributed by atoms with Gasteiger partial charge in [0, 0.05) is 52.0 Å². The maximum Gasteiger partial charge on any atom is 0.250 e. The van der Waals surface area contributed by atoms with Crippen molar-refractivity contribution >= 4 is 57.0 Å². The van der Waals surface area contributed by atoms with Crippen LogP contribution in [0.3, 0.4) is 0 Å². The number of anilines is 1. The Morgan fingerprint density at radius 1 is 1.13 bits per heavy atom. The van der Waals surface area contributed by atoms with Crippen molar-refractivity contribution in [3.05, 3.63) is 41.8 Å². The molecule has 0 saturated carbocycles. The number of benzene rings is 1. The molecule has 0 spiro atoms. The van der Waals surface area contributed by atoms with Gasteiger partial charge in [0.2, 0.25) is 10.0 Å². The normalized spacial score (nSPS) is 14.9. The predicted molar refractivity (Wildman–Crippen MR) is 133 cm³/mol. The van der Waals surface area contributed by atoms with Crippen molar-refractivity contribution in [2.75, 3.05) is 58.3 Å². The summed E-state index contributed by atoms with van der Waals surface area (Å²) in [4.78, 5) is 8.86. The molecule has 2 heterocycles. The minimum Gasteiger partial charge on any atom is -0.497 e. The molecule has 0 radical (unpaired) electrons. The number of hydrogen-bond donors (Lipinski definition) is 2. The van der Waals surface area contributed by atoms with Gasteiger partial charge in [-0.2, -0.15) is 0 Å². The number of rotatable bonds is 7. The lowest BCUT2D eigenvalue weighted by atomic mass is 10.2. The number of thiophene rings is 1. The molecule has 1 aliphatic heterocycles. The van der Waals surface area contributed by atoms with Crippen molar-refractivity contribution < 1.29 is 13.2 Å². The predicted octanol–water partition coefficient (Wildman–Crippen LogP) is 2.05. The Morgan fingerprint density at radius 3 is 2.40 bits per heavy atom. The number of hydrogen-bond acceptors (Lipinski definition) is 6. The molecule has 0 bridgehead atoms. The molecule has 1 aliphatic rings. The monoisotopic (exact) mass is 565 g/mol. The van der Waals surface area contributed by atoms with Crippen LogP contribution >= 0.6 is 35.3 Å². The molecular weight excluding hydrogens is 537 g/mol. The van der Waals surface area contributed by atoms with Gasteiger partial charge < -0.3 is 19.9 Å². The van der Waals surface area contributed by atoms with Gasteiger partial charge in [-0.15, -0.1) is 35.3 Å². The molecular formula is C19H28IN5O3S2. The summed E-state index contributed by atoms with van der Waals surface area (Å²) in [6.45, 7) is 4.22. The lowest BCUT2D eigenvalue weighted by molar-refractivity contribution is 0.373. The molecule has 2 N–H and O–H groups in total. The van der Waals surface area contributed by atoms with Crippen LogP contribution in [0, 0.1) is 0 Å². The number of piperazine rings is 1. The molecule has 8 nitrogen and oxygen atoms in total. The van der Waals surface area contributed by atoms with Gasteiger partial charge >= 0.3 is 0 Å². The van der Waals surface area contributed by atoms with Gasteiger partial charge in [-0.1, -0.05) is 6.07 Å². The van der Waals surface area contributed by atoms with E-state index in [1.165, 1.54) is 17.0 Å². The molecule has 11 heteroatoms. The highest BCUT2D eigenvalue weighted by Crippen LogP contribution is 2.20. The summed E-state index contributed by atoms with van der Waals surface area (Å²) in [5, 5.41) is 4.99. The molecule has 1 aromatic carbocycles. The van der Waals surface area contributed by atoms with E-state index in [-0.39, 0.29) is 24.0 Å². The number of nitrogens with zero attached hydrogens (tertiary/aromatic N) is 3. The molecule has 30 heavy (non-hydrogen) atoms. The van der Waals surface area contributed by atoms with Crippen molar-refractivity contribution in [2.24, 2.45) is 4.99 Å². The number of nitrogens with one attached hydrogen (secondary N) is 2. The first-order valence-electron chi connectivity index (χ1n) is 9.41. The highest BCUT2D eigenvalue weighted by atomic mass is 127. The molecule has 3 rings (SSSR count). The molecule has 0 amide bonds. The van der Waals surface area contributed by atoms with Gasteiger partial charge in [-0.3, -0.25) is 4.99 Å². The Hall–Kier alpha value is -1.57. The van der Waals surface area contributed by atoms with Crippen molar-refractivity contribution in [1.29, 1.82) is 0 Å². The van der Waals surface area contributed by atoms with Gasteiger partial charge in [-0.05, 0) is 35.7 Å². The number of guanidine groups is 1. The lowest BCUT2D eigenvalue weighted by Gasteiger charge is -2.37. The van der Waals surface area contributed by atoms with Crippen molar-refractivity contribution in [1.82, 2.24) is 14.9 Å². The van der Waals surface area contributed by atoms with Gasteiger partial charge in [0.25, 0.3) is 0 Å². The van der Waals surface area contributed by atoms with Crippen LogP contribution in [0.4, 0.5) is 5.69 Å². The van der Waals surface area contributed by atoms with E-state index in [1.54, 1.807) is 31.7 Å². The Balaban J connectivity index is 0.00000320. The topological polar surface area (TPSA) is 86.3 Å². The minimum absolute atomic E-state index is 0. The summed E-state index contributed by atoms with van der Waals surface area (Å²) in [6, 6.07) is 11.4. The quantitative estimate of drug-likeness (QED) is 0.232. The van der Waals surface area contributed by atoms with Gasteiger partial charge in [0.05, 0.1) is 7.11 Å². The van der Waals surface area contributed by atoms with Crippen LogP contribution in [0.1, 0.15) is 0 Å². The zero-order valence-corrected chi connectivity index (χ0v) is 21.0. The van der Waals surface area contributed by atoms with E-state index in [2.05, 4.69) is 37.0 Å².